The first-order valence-electron chi connectivity index (χ1n) is 18.4. The lowest BCUT2D eigenvalue weighted by Crippen LogP contribution is -2.46. The number of hydrogen-bond acceptors (Lipinski definition) is 11. The average Bonchev–Trinajstić information content (AvgIpc) is 3.46. The Labute approximate surface area is 327 Å². The number of ether oxygens (including phenoxy) is 3. The van der Waals surface area contributed by atoms with Gasteiger partial charge in [0.25, 0.3) is 11.8 Å². The van der Waals surface area contributed by atoms with Crippen LogP contribution in [0.5, 0.6) is 0 Å². The Hall–Kier alpha value is -5.52. The summed E-state index contributed by atoms with van der Waals surface area (Å²) in [5.74, 6) is -2.93. The van der Waals surface area contributed by atoms with Gasteiger partial charge in [-0.15, -0.1) is 0 Å². The van der Waals surface area contributed by atoms with Gasteiger partial charge in [-0.05, 0) is 36.5 Å². The number of primary amides is 1. The van der Waals surface area contributed by atoms with Gasteiger partial charge in [0.15, 0.2) is 5.78 Å². The molecule has 2 rings (SSSR count). The summed E-state index contributed by atoms with van der Waals surface area (Å²) in [4.78, 5) is 103. The Balaban J connectivity index is 1.91. The molecule has 1 aromatic carbocycles. The third-order valence-corrected chi connectivity index (χ3v) is 8.61. The number of nitrogens with zero attached hydrogens (tertiary/aromatic N) is 3. The zero-order chi connectivity index (χ0) is 42.0. The number of benzene rings is 1. The number of urea groups is 1. The Morgan fingerprint density at radius 1 is 0.875 bits per heavy atom. The maximum atomic E-state index is 13.5. The predicted octanol–water partition coefficient (Wildman–Crippen LogP) is 2.41. The van der Waals surface area contributed by atoms with Crippen LogP contribution < -0.4 is 21.7 Å². The number of alkyl carbamates (subject to hydrolysis) is 1. The number of amides is 8. The van der Waals surface area contributed by atoms with Crippen molar-refractivity contribution < 1.29 is 52.6 Å². The van der Waals surface area contributed by atoms with Gasteiger partial charge in [0.05, 0.1) is 25.8 Å². The van der Waals surface area contributed by atoms with Gasteiger partial charge in [-0.1, -0.05) is 46.8 Å². The number of likely N-dealkylation sites (N-methyl/N-ethyl adjacent to an activating group) is 2. The Morgan fingerprint density at radius 3 is 2.09 bits per heavy atom. The van der Waals surface area contributed by atoms with E-state index in [-0.39, 0.29) is 70.7 Å². The third-order valence-electron chi connectivity index (χ3n) is 8.61. The van der Waals surface area contributed by atoms with Gasteiger partial charge in [-0.3, -0.25) is 28.9 Å². The number of nitrogens with two attached hydrogens (primary N) is 1. The monoisotopic (exact) mass is 787 g/mol. The van der Waals surface area contributed by atoms with E-state index < -0.39 is 59.1 Å². The van der Waals surface area contributed by atoms with Gasteiger partial charge < -0.3 is 45.7 Å². The molecule has 0 saturated carbocycles. The second-order valence-corrected chi connectivity index (χ2v) is 14.7. The summed E-state index contributed by atoms with van der Waals surface area (Å²) in [7, 11) is 3.26. The van der Waals surface area contributed by atoms with Crippen molar-refractivity contribution in [3.8, 4) is 0 Å². The van der Waals surface area contributed by atoms with Crippen LogP contribution in [0, 0.1) is 17.3 Å². The smallest absolute Gasteiger partial charge is 0.409 e. The lowest BCUT2D eigenvalue weighted by Gasteiger charge is -2.27. The van der Waals surface area contributed by atoms with Crippen LogP contribution in [0.1, 0.15) is 59.4 Å². The predicted molar refractivity (Wildman–Crippen MR) is 205 cm³/mol. The normalized spacial score (nSPS) is 13.5. The quantitative estimate of drug-likeness (QED) is 0.0984. The minimum Gasteiger partial charge on any atom is -0.447 e. The zero-order valence-electron chi connectivity index (χ0n) is 33.4. The van der Waals surface area contributed by atoms with Gasteiger partial charge in [-0.2, -0.15) is 0 Å². The summed E-state index contributed by atoms with van der Waals surface area (Å²) in [6.45, 7) is 9.67. The first-order valence-corrected chi connectivity index (χ1v) is 18.4. The number of imide groups is 1. The zero-order valence-corrected chi connectivity index (χ0v) is 33.4. The first kappa shape index (κ1) is 46.6. The molecule has 5 N–H and O–H groups in total. The van der Waals surface area contributed by atoms with Crippen LogP contribution in [0.4, 0.5) is 20.1 Å². The van der Waals surface area contributed by atoms with Crippen LogP contribution in [0.2, 0.25) is 0 Å². The molecule has 0 aliphatic carbocycles. The van der Waals surface area contributed by atoms with Crippen LogP contribution in [0.15, 0.2) is 36.4 Å². The molecule has 8 amide bonds. The summed E-state index contributed by atoms with van der Waals surface area (Å²) in [5, 5.41) is 7.84. The SMILES string of the molecule is CC(C)[C@H](NC(=O)OCCOCCN1C(=O)C=CC1=O)C(=O)C[C@@H](CCCNC(N)=O)C(=O)Nc1ccc(COC(=O)N(C)CCN(C)C(=O)C(C)(C)C)cc1. The maximum Gasteiger partial charge on any atom is 0.409 e. The number of Topliss-reactive ketones (excluding diaryl/α,β-unsaturated/α-hetero) is 1. The van der Waals surface area contributed by atoms with E-state index in [4.69, 9.17) is 19.9 Å². The molecule has 0 unspecified atom stereocenters. The van der Waals surface area contributed by atoms with E-state index in [1.165, 1.54) is 17.1 Å². The fraction of sp³-hybridized carbons (Fsp3) is 0.579. The van der Waals surface area contributed by atoms with Crippen LogP contribution in [-0.4, -0.2) is 128 Å². The number of carbonyl (C=O) groups excluding carboxylic acids is 8. The number of ketones is 1. The van der Waals surface area contributed by atoms with Crippen molar-refractivity contribution in [1.82, 2.24) is 25.3 Å². The molecule has 0 spiro atoms. The number of carbonyl (C=O) groups is 8. The van der Waals surface area contributed by atoms with E-state index in [9.17, 15) is 38.4 Å². The number of anilines is 1. The van der Waals surface area contributed by atoms with Crippen molar-refractivity contribution in [2.45, 2.75) is 66.5 Å². The maximum absolute atomic E-state index is 13.5. The minimum atomic E-state index is -0.977. The van der Waals surface area contributed by atoms with E-state index in [1.807, 2.05) is 20.8 Å². The first-order chi connectivity index (χ1) is 26.3. The van der Waals surface area contributed by atoms with Gasteiger partial charge in [0.2, 0.25) is 11.8 Å². The summed E-state index contributed by atoms with van der Waals surface area (Å²) in [6.07, 6.45) is 1.26. The summed E-state index contributed by atoms with van der Waals surface area (Å²) >= 11 is 0. The van der Waals surface area contributed by atoms with E-state index in [0.717, 1.165) is 4.90 Å². The van der Waals surface area contributed by atoms with Crippen molar-refractivity contribution in [1.29, 1.82) is 0 Å². The van der Waals surface area contributed by atoms with Gasteiger partial charge in [0, 0.05) is 69.3 Å². The van der Waals surface area contributed by atoms with Crippen LogP contribution in [0.3, 0.4) is 0 Å². The van der Waals surface area contributed by atoms with Crippen LogP contribution in [-0.2, 0) is 44.8 Å². The molecule has 1 aliphatic rings. The summed E-state index contributed by atoms with van der Waals surface area (Å²) in [5.41, 5.74) is 5.72. The lowest BCUT2D eigenvalue weighted by atomic mass is 9.89. The largest absolute Gasteiger partial charge is 0.447 e. The molecule has 0 radical (unpaired) electrons. The lowest BCUT2D eigenvalue weighted by molar-refractivity contribution is -0.138. The average molecular weight is 788 g/mol. The molecule has 0 fully saturated rings. The molecular weight excluding hydrogens is 730 g/mol. The Bertz CT molecular complexity index is 1560. The standard InChI is InChI=1S/C38H57N7O11/c1-25(2)32(42-36(52)55-22-21-54-20-19-45-30(47)14-15-31(45)48)29(46)23-27(9-8-16-40-35(39)51)33(49)41-28-12-10-26(11-13-28)24-56-37(53)44(7)18-17-43(6)34(50)38(3,4)5/h10-15,25,27,32H,8-9,16-24H2,1-7H3,(H,41,49)(H,42,52)(H3,39,40,51)/t27-,32+/m1/s1. The molecule has 0 saturated heterocycles. The Morgan fingerprint density at radius 2 is 1.50 bits per heavy atom. The third kappa shape index (κ3) is 16.5. The second kappa shape index (κ2) is 22.8. The fourth-order valence-corrected chi connectivity index (χ4v) is 5.40. The molecule has 1 aromatic rings. The number of nitrogens with one attached hydrogen (secondary N) is 3. The minimum absolute atomic E-state index is 0.0114. The van der Waals surface area contributed by atoms with E-state index in [0.29, 0.717) is 24.2 Å². The van der Waals surface area contributed by atoms with Crippen molar-refractivity contribution in [2.75, 3.05) is 65.4 Å². The molecule has 2 atom stereocenters. The van der Waals surface area contributed by atoms with Crippen molar-refractivity contribution in [3.63, 3.8) is 0 Å². The van der Waals surface area contributed by atoms with Crippen LogP contribution in [0.25, 0.3) is 0 Å². The molecule has 0 bridgehead atoms. The molecule has 310 valence electrons. The highest BCUT2D eigenvalue weighted by Crippen LogP contribution is 2.20. The van der Waals surface area contributed by atoms with Crippen molar-refractivity contribution in [3.05, 3.63) is 42.0 Å². The highest BCUT2D eigenvalue weighted by molar-refractivity contribution is 6.12. The van der Waals surface area contributed by atoms with Gasteiger partial charge in [-0.25, -0.2) is 14.4 Å². The van der Waals surface area contributed by atoms with Crippen molar-refractivity contribution >= 4 is 53.3 Å². The molecular formula is C38H57N7O11. The van der Waals surface area contributed by atoms with Crippen molar-refractivity contribution in [2.24, 2.45) is 23.0 Å². The number of rotatable bonds is 22. The molecule has 1 heterocycles. The molecule has 56 heavy (non-hydrogen) atoms. The molecule has 1 aliphatic heterocycles. The highest BCUT2D eigenvalue weighted by Gasteiger charge is 2.30. The number of hydrogen-bond donors (Lipinski definition) is 4. The highest BCUT2D eigenvalue weighted by atomic mass is 16.6. The fourth-order valence-electron chi connectivity index (χ4n) is 5.40. The van der Waals surface area contributed by atoms with E-state index in [1.54, 1.807) is 57.1 Å². The van der Waals surface area contributed by atoms with Crippen LogP contribution >= 0.6 is 0 Å². The molecule has 0 aromatic heterocycles. The molecule has 18 nitrogen and oxygen atoms in total. The van der Waals surface area contributed by atoms with Gasteiger partial charge >= 0.3 is 18.2 Å². The van der Waals surface area contributed by atoms with Gasteiger partial charge in [0.1, 0.15) is 13.2 Å². The van der Waals surface area contributed by atoms with E-state index in [2.05, 4.69) is 16.0 Å². The summed E-state index contributed by atoms with van der Waals surface area (Å²) in [6, 6.07) is 4.92. The summed E-state index contributed by atoms with van der Waals surface area (Å²) < 4.78 is 15.9. The Kier molecular flexibility index (Phi) is 19.0. The second-order valence-electron chi connectivity index (χ2n) is 14.7. The van der Waals surface area contributed by atoms with E-state index >= 15 is 0 Å². The molecule has 18 heteroatoms. The topological polar surface area (TPSA) is 236 Å².